The van der Waals surface area contributed by atoms with Gasteiger partial charge < -0.3 is 5.32 Å². The van der Waals surface area contributed by atoms with E-state index in [4.69, 9.17) is 23.2 Å². The number of benzene rings is 1. The fraction of sp³-hybridized carbons (Fsp3) is 0.381. The second-order valence-electron chi connectivity index (χ2n) is 7.70. The Balaban J connectivity index is 1.52. The van der Waals surface area contributed by atoms with E-state index in [0.717, 1.165) is 24.1 Å². The molecule has 1 saturated carbocycles. The van der Waals surface area contributed by atoms with Crippen LogP contribution in [-0.4, -0.2) is 25.5 Å². The van der Waals surface area contributed by atoms with Crippen molar-refractivity contribution in [3.63, 3.8) is 0 Å². The normalized spacial score (nSPS) is 13.8. The highest BCUT2D eigenvalue weighted by Crippen LogP contribution is 2.45. The summed E-state index contributed by atoms with van der Waals surface area (Å²) >= 11 is 12.2. The summed E-state index contributed by atoms with van der Waals surface area (Å²) in [6.45, 7) is 3.96. The standard InChI is InChI=1S/C21H21Cl2F2N5O/c1-11-18(12(2)29(27-11)9-13-4-3-5-15(22)8-13)26-16(31)10-30-20(14-6-7-14)17(23)19(28-30)21(24)25/h3-5,8,14,21H,6-7,9-10H2,1-2H3,(H,26,31). The van der Waals surface area contributed by atoms with E-state index in [9.17, 15) is 13.6 Å². The highest BCUT2D eigenvalue weighted by molar-refractivity contribution is 6.32. The summed E-state index contributed by atoms with van der Waals surface area (Å²) in [6.07, 6.45) is -1.09. The maximum Gasteiger partial charge on any atom is 0.283 e. The van der Waals surface area contributed by atoms with Crippen molar-refractivity contribution < 1.29 is 13.6 Å². The lowest BCUT2D eigenvalue weighted by Crippen LogP contribution is -2.21. The second kappa shape index (κ2) is 8.59. The van der Waals surface area contributed by atoms with Gasteiger partial charge >= 0.3 is 0 Å². The molecule has 1 N–H and O–H groups in total. The topological polar surface area (TPSA) is 64.7 Å². The quantitative estimate of drug-likeness (QED) is 0.498. The molecular formula is C21H21Cl2F2N5O. The fourth-order valence-electron chi connectivity index (χ4n) is 3.63. The Kier molecular flexibility index (Phi) is 6.03. The summed E-state index contributed by atoms with van der Waals surface area (Å²) in [5.41, 5.74) is 3.04. The Morgan fingerprint density at radius 2 is 1.97 bits per heavy atom. The molecule has 1 aliphatic carbocycles. The fourth-order valence-corrected chi connectivity index (χ4v) is 4.22. The molecule has 2 heterocycles. The predicted octanol–water partition coefficient (Wildman–Crippen LogP) is 5.51. The minimum Gasteiger partial charge on any atom is -0.321 e. The van der Waals surface area contributed by atoms with Gasteiger partial charge in [0.2, 0.25) is 5.91 Å². The zero-order valence-corrected chi connectivity index (χ0v) is 18.5. The van der Waals surface area contributed by atoms with Crippen molar-refractivity contribution in [1.29, 1.82) is 0 Å². The summed E-state index contributed by atoms with van der Waals surface area (Å²) in [5, 5.41) is 11.9. The van der Waals surface area contributed by atoms with E-state index in [2.05, 4.69) is 15.5 Å². The molecule has 164 valence electrons. The Morgan fingerprint density at radius 1 is 1.23 bits per heavy atom. The number of carbonyl (C=O) groups is 1. The lowest BCUT2D eigenvalue weighted by molar-refractivity contribution is -0.117. The summed E-state index contributed by atoms with van der Waals surface area (Å²) in [4.78, 5) is 12.7. The maximum absolute atomic E-state index is 13.2. The molecule has 3 aromatic rings. The van der Waals surface area contributed by atoms with Crippen molar-refractivity contribution in [2.24, 2.45) is 0 Å². The number of aryl methyl sites for hydroxylation is 1. The van der Waals surface area contributed by atoms with Gasteiger partial charge in [-0.3, -0.25) is 14.2 Å². The van der Waals surface area contributed by atoms with Crippen LogP contribution in [0.4, 0.5) is 14.5 Å². The van der Waals surface area contributed by atoms with Gasteiger partial charge in [-0.2, -0.15) is 10.2 Å². The van der Waals surface area contributed by atoms with Gasteiger partial charge in [-0.25, -0.2) is 8.78 Å². The van der Waals surface area contributed by atoms with Crippen LogP contribution in [0.25, 0.3) is 0 Å². The molecule has 1 aromatic carbocycles. The van der Waals surface area contributed by atoms with Crippen LogP contribution in [0.1, 0.15) is 53.5 Å². The third kappa shape index (κ3) is 4.60. The zero-order valence-electron chi connectivity index (χ0n) is 17.0. The zero-order chi connectivity index (χ0) is 22.3. The molecule has 31 heavy (non-hydrogen) atoms. The van der Waals surface area contributed by atoms with Gasteiger partial charge in [-0.05, 0) is 44.4 Å². The summed E-state index contributed by atoms with van der Waals surface area (Å²) in [7, 11) is 0. The number of hydrogen-bond acceptors (Lipinski definition) is 3. The number of alkyl halides is 2. The van der Waals surface area contributed by atoms with Crippen LogP contribution in [0.3, 0.4) is 0 Å². The van der Waals surface area contributed by atoms with Crippen molar-refractivity contribution in [1.82, 2.24) is 19.6 Å². The predicted molar refractivity (Wildman–Crippen MR) is 115 cm³/mol. The molecule has 2 aromatic heterocycles. The summed E-state index contributed by atoms with van der Waals surface area (Å²) < 4.78 is 29.5. The third-order valence-corrected chi connectivity index (χ3v) is 5.91. The number of rotatable bonds is 7. The lowest BCUT2D eigenvalue weighted by Gasteiger charge is -2.09. The van der Waals surface area contributed by atoms with Crippen LogP contribution >= 0.6 is 23.2 Å². The van der Waals surface area contributed by atoms with Gasteiger partial charge in [0.25, 0.3) is 6.43 Å². The molecule has 0 unspecified atom stereocenters. The van der Waals surface area contributed by atoms with E-state index in [1.807, 2.05) is 25.1 Å². The van der Waals surface area contributed by atoms with Crippen LogP contribution in [-0.2, 0) is 17.9 Å². The number of anilines is 1. The molecule has 6 nitrogen and oxygen atoms in total. The molecule has 0 radical (unpaired) electrons. The van der Waals surface area contributed by atoms with Gasteiger partial charge in [-0.15, -0.1) is 0 Å². The van der Waals surface area contributed by atoms with Gasteiger partial charge in [0.15, 0.2) is 0 Å². The van der Waals surface area contributed by atoms with E-state index in [1.165, 1.54) is 4.68 Å². The molecular weight excluding hydrogens is 447 g/mol. The van der Waals surface area contributed by atoms with E-state index in [1.54, 1.807) is 17.7 Å². The Morgan fingerprint density at radius 3 is 2.61 bits per heavy atom. The van der Waals surface area contributed by atoms with Crippen molar-refractivity contribution in [3.8, 4) is 0 Å². The molecule has 1 fully saturated rings. The molecule has 0 bridgehead atoms. The summed E-state index contributed by atoms with van der Waals surface area (Å²) in [6, 6.07) is 7.47. The Labute approximate surface area is 188 Å². The average molecular weight is 468 g/mol. The molecule has 1 aliphatic rings. The lowest BCUT2D eigenvalue weighted by atomic mass is 10.2. The number of hydrogen-bond donors (Lipinski definition) is 1. The first-order chi connectivity index (χ1) is 14.7. The number of amides is 1. The second-order valence-corrected chi connectivity index (χ2v) is 8.51. The SMILES string of the molecule is Cc1nn(Cc2cccc(Cl)c2)c(C)c1NC(=O)Cn1nc(C(F)F)c(Cl)c1C1CC1. The number of halogens is 4. The van der Waals surface area contributed by atoms with E-state index < -0.39 is 12.1 Å². The number of nitrogens with zero attached hydrogens (tertiary/aromatic N) is 4. The molecule has 1 amide bonds. The first-order valence-corrected chi connectivity index (χ1v) is 10.6. The minimum atomic E-state index is -2.79. The van der Waals surface area contributed by atoms with Gasteiger partial charge in [0.05, 0.1) is 34.3 Å². The van der Waals surface area contributed by atoms with Gasteiger partial charge in [0.1, 0.15) is 12.2 Å². The molecule has 0 spiro atoms. The van der Waals surface area contributed by atoms with E-state index >= 15 is 0 Å². The monoisotopic (exact) mass is 467 g/mol. The molecule has 0 atom stereocenters. The average Bonchev–Trinajstić information content (AvgIpc) is 3.43. The molecule has 10 heteroatoms. The smallest absolute Gasteiger partial charge is 0.283 e. The van der Waals surface area contributed by atoms with Gasteiger partial charge in [0, 0.05) is 10.9 Å². The van der Waals surface area contributed by atoms with Crippen molar-refractivity contribution in [2.45, 2.75) is 52.1 Å². The summed E-state index contributed by atoms with van der Waals surface area (Å²) in [5.74, 6) is -0.306. The van der Waals surface area contributed by atoms with Crippen molar-refractivity contribution in [3.05, 3.63) is 62.6 Å². The number of aromatic nitrogens is 4. The van der Waals surface area contributed by atoms with Crippen molar-refractivity contribution in [2.75, 3.05) is 5.32 Å². The first-order valence-electron chi connectivity index (χ1n) is 9.87. The molecule has 0 aliphatic heterocycles. The maximum atomic E-state index is 13.2. The largest absolute Gasteiger partial charge is 0.321 e. The first kappa shape index (κ1) is 21.8. The van der Waals surface area contributed by atoms with E-state index in [0.29, 0.717) is 28.6 Å². The number of carbonyl (C=O) groups excluding carboxylic acids is 1. The Hall–Kier alpha value is -2.45. The number of nitrogens with one attached hydrogen (secondary N) is 1. The van der Waals surface area contributed by atoms with E-state index in [-0.39, 0.29) is 23.4 Å². The van der Waals surface area contributed by atoms with Crippen LogP contribution in [0.5, 0.6) is 0 Å². The van der Waals surface area contributed by atoms with Crippen LogP contribution in [0.15, 0.2) is 24.3 Å². The van der Waals surface area contributed by atoms with Crippen molar-refractivity contribution >= 4 is 34.8 Å². The van der Waals surface area contributed by atoms with Crippen LogP contribution in [0, 0.1) is 13.8 Å². The van der Waals surface area contributed by atoms with Gasteiger partial charge in [-0.1, -0.05) is 35.3 Å². The Bertz CT molecular complexity index is 1140. The molecule has 4 rings (SSSR count). The van der Waals surface area contributed by atoms with Crippen LogP contribution in [0.2, 0.25) is 10.0 Å². The van der Waals surface area contributed by atoms with Crippen LogP contribution < -0.4 is 5.32 Å². The third-order valence-electron chi connectivity index (χ3n) is 5.29. The molecule has 0 saturated heterocycles. The highest BCUT2D eigenvalue weighted by Gasteiger charge is 2.34. The highest BCUT2D eigenvalue weighted by atomic mass is 35.5. The minimum absolute atomic E-state index is 0.0352.